The van der Waals surface area contributed by atoms with Crippen molar-refractivity contribution in [1.29, 1.82) is 0 Å². The van der Waals surface area contributed by atoms with Gasteiger partial charge in [0.1, 0.15) is 23.9 Å². The molecule has 34 heavy (non-hydrogen) atoms. The molecule has 1 atom stereocenters. The quantitative estimate of drug-likeness (QED) is 0.543. The molecular weight excluding hydrogens is 435 g/mol. The monoisotopic (exact) mass is 462 g/mol. The van der Waals surface area contributed by atoms with E-state index in [0.717, 1.165) is 11.1 Å². The van der Waals surface area contributed by atoms with Gasteiger partial charge in [0.15, 0.2) is 0 Å². The molecule has 3 aromatic rings. The van der Waals surface area contributed by atoms with Crippen molar-refractivity contribution in [2.45, 2.75) is 19.6 Å². The summed E-state index contributed by atoms with van der Waals surface area (Å²) in [5.74, 6) is 0.749. The summed E-state index contributed by atoms with van der Waals surface area (Å²) in [6.07, 6.45) is 0. The van der Waals surface area contributed by atoms with E-state index in [2.05, 4.69) is 0 Å². The van der Waals surface area contributed by atoms with Gasteiger partial charge in [-0.25, -0.2) is 4.39 Å². The molecule has 1 aliphatic rings. The van der Waals surface area contributed by atoms with E-state index in [1.165, 1.54) is 12.1 Å². The summed E-state index contributed by atoms with van der Waals surface area (Å²) in [5.41, 5.74) is 2.18. The van der Waals surface area contributed by atoms with Crippen LogP contribution < -0.4 is 9.47 Å². The predicted molar refractivity (Wildman–Crippen MR) is 126 cm³/mol. The van der Waals surface area contributed by atoms with Gasteiger partial charge >= 0.3 is 0 Å². The van der Waals surface area contributed by atoms with Crippen LogP contribution in [-0.4, -0.2) is 48.4 Å². The lowest BCUT2D eigenvalue weighted by Gasteiger charge is -2.41. The average Bonchev–Trinajstić information content (AvgIpc) is 2.87. The fourth-order valence-electron chi connectivity index (χ4n) is 4.15. The lowest BCUT2D eigenvalue weighted by atomic mass is 9.99. The molecular formula is C27H27FN2O4. The molecule has 1 fully saturated rings. The van der Waals surface area contributed by atoms with Crippen LogP contribution in [0, 0.1) is 5.82 Å². The van der Waals surface area contributed by atoms with Crippen LogP contribution in [0.2, 0.25) is 0 Å². The fraction of sp³-hybridized carbons (Fsp3) is 0.259. The zero-order valence-corrected chi connectivity index (χ0v) is 19.2. The number of rotatable bonds is 6. The minimum atomic E-state index is -0.343. The average molecular weight is 463 g/mol. The first-order valence-electron chi connectivity index (χ1n) is 11.1. The molecule has 0 radical (unpaired) electrons. The van der Waals surface area contributed by atoms with Crippen molar-refractivity contribution in [3.8, 4) is 11.5 Å². The Labute approximate surface area is 198 Å². The number of para-hydroxylation sites is 1. The number of benzene rings is 3. The van der Waals surface area contributed by atoms with Crippen molar-refractivity contribution in [3.05, 3.63) is 95.3 Å². The third-order valence-corrected chi connectivity index (χ3v) is 5.98. The van der Waals surface area contributed by atoms with Crippen LogP contribution in [0.25, 0.3) is 0 Å². The molecule has 0 aromatic heterocycles. The van der Waals surface area contributed by atoms with Crippen molar-refractivity contribution in [2.24, 2.45) is 0 Å². The maximum absolute atomic E-state index is 13.6. The molecule has 0 saturated carbocycles. The molecule has 0 bridgehead atoms. The second-order valence-electron chi connectivity index (χ2n) is 8.16. The lowest BCUT2D eigenvalue weighted by Crippen LogP contribution is -2.52. The smallest absolute Gasteiger partial charge is 0.254 e. The van der Waals surface area contributed by atoms with Gasteiger partial charge in [0.25, 0.3) is 5.91 Å². The number of nitrogens with zero attached hydrogens (tertiary/aromatic N) is 2. The topological polar surface area (TPSA) is 59.1 Å². The SMILES string of the molecule is COc1ccccc1C1CN(C(C)=O)CCN1C(=O)c1cccc(OCc2ccc(F)cc2)c1. The first-order valence-corrected chi connectivity index (χ1v) is 11.1. The molecule has 1 heterocycles. The van der Waals surface area contributed by atoms with Crippen molar-refractivity contribution in [3.63, 3.8) is 0 Å². The summed E-state index contributed by atoms with van der Waals surface area (Å²) in [7, 11) is 1.60. The number of hydrogen-bond donors (Lipinski definition) is 0. The lowest BCUT2D eigenvalue weighted by molar-refractivity contribution is -0.131. The molecule has 0 aliphatic carbocycles. The Morgan fingerprint density at radius 1 is 1.00 bits per heavy atom. The van der Waals surface area contributed by atoms with Gasteiger partial charge in [-0.1, -0.05) is 36.4 Å². The number of carbonyl (C=O) groups excluding carboxylic acids is 2. The molecule has 7 heteroatoms. The summed E-state index contributed by atoms with van der Waals surface area (Å²) < 4.78 is 24.5. The van der Waals surface area contributed by atoms with E-state index in [1.54, 1.807) is 60.2 Å². The predicted octanol–water partition coefficient (Wildman–Crippen LogP) is 4.46. The molecule has 3 aromatic carbocycles. The highest BCUT2D eigenvalue weighted by Crippen LogP contribution is 2.33. The Morgan fingerprint density at radius 2 is 1.76 bits per heavy atom. The highest BCUT2D eigenvalue weighted by Gasteiger charge is 2.34. The second kappa shape index (κ2) is 10.4. The van der Waals surface area contributed by atoms with Gasteiger partial charge in [-0.05, 0) is 42.0 Å². The molecule has 176 valence electrons. The van der Waals surface area contributed by atoms with Gasteiger partial charge in [-0.15, -0.1) is 0 Å². The fourth-order valence-corrected chi connectivity index (χ4v) is 4.15. The number of halogens is 1. The number of methoxy groups -OCH3 is 1. The summed E-state index contributed by atoms with van der Waals surface area (Å²) in [5, 5.41) is 0. The van der Waals surface area contributed by atoms with E-state index in [1.807, 2.05) is 24.3 Å². The first-order chi connectivity index (χ1) is 16.5. The Kier molecular flexibility index (Phi) is 7.11. The first kappa shape index (κ1) is 23.3. The van der Waals surface area contributed by atoms with Crippen LogP contribution in [-0.2, 0) is 11.4 Å². The normalized spacial score (nSPS) is 15.7. The Morgan fingerprint density at radius 3 is 2.50 bits per heavy atom. The molecule has 4 rings (SSSR count). The van der Waals surface area contributed by atoms with E-state index in [0.29, 0.717) is 36.7 Å². The summed E-state index contributed by atoms with van der Waals surface area (Å²) in [4.78, 5) is 29.2. The Hall–Kier alpha value is -3.87. The van der Waals surface area contributed by atoms with Crippen LogP contribution in [0.1, 0.15) is 34.5 Å². The molecule has 0 spiro atoms. The second-order valence-corrected chi connectivity index (χ2v) is 8.16. The van der Waals surface area contributed by atoms with Gasteiger partial charge < -0.3 is 19.3 Å². The van der Waals surface area contributed by atoms with Crippen molar-refractivity contribution in [1.82, 2.24) is 9.80 Å². The van der Waals surface area contributed by atoms with Crippen molar-refractivity contribution in [2.75, 3.05) is 26.7 Å². The zero-order chi connectivity index (χ0) is 24.1. The van der Waals surface area contributed by atoms with Crippen LogP contribution in [0.3, 0.4) is 0 Å². The van der Waals surface area contributed by atoms with Crippen LogP contribution in [0.5, 0.6) is 11.5 Å². The van der Waals surface area contributed by atoms with Crippen LogP contribution in [0.15, 0.2) is 72.8 Å². The van der Waals surface area contributed by atoms with E-state index < -0.39 is 0 Å². The number of hydrogen-bond acceptors (Lipinski definition) is 4. The largest absolute Gasteiger partial charge is 0.496 e. The molecule has 0 N–H and O–H groups in total. The number of amides is 2. The highest BCUT2D eigenvalue weighted by molar-refractivity contribution is 5.95. The van der Waals surface area contributed by atoms with E-state index in [4.69, 9.17) is 9.47 Å². The number of piperazine rings is 1. The standard InChI is InChI=1S/C27H27FN2O4/c1-19(31)29-14-15-30(25(17-29)24-8-3-4-9-26(24)33-2)27(32)21-6-5-7-23(16-21)34-18-20-10-12-22(28)13-11-20/h3-13,16,25H,14-15,17-18H2,1-2H3. The Bertz CT molecular complexity index is 1170. The van der Waals surface area contributed by atoms with Gasteiger partial charge in [-0.3, -0.25) is 9.59 Å². The summed E-state index contributed by atoms with van der Waals surface area (Å²) in [6.45, 7) is 3.06. The van der Waals surface area contributed by atoms with E-state index in [-0.39, 0.29) is 30.3 Å². The third kappa shape index (κ3) is 5.20. The molecule has 1 unspecified atom stereocenters. The van der Waals surface area contributed by atoms with Gasteiger partial charge in [0.2, 0.25) is 5.91 Å². The van der Waals surface area contributed by atoms with Gasteiger partial charge in [-0.2, -0.15) is 0 Å². The maximum atomic E-state index is 13.6. The van der Waals surface area contributed by atoms with E-state index in [9.17, 15) is 14.0 Å². The highest BCUT2D eigenvalue weighted by atomic mass is 19.1. The molecule has 1 aliphatic heterocycles. The van der Waals surface area contributed by atoms with Gasteiger partial charge in [0.05, 0.1) is 13.2 Å². The van der Waals surface area contributed by atoms with Crippen molar-refractivity contribution < 1.29 is 23.5 Å². The van der Waals surface area contributed by atoms with Crippen molar-refractivity contribution >= 4 is 11.8 Å². The minimum Gasteiger partial charge on any atom is -0.496 e. The van der Waals surface area contributed by atoms with E-state index >= 15 is 0 Å². The van der Waals surface area contributed by atoms with Gasteiger partial charge in [0, 0.05) is 37.7 Å². The third-order valence-electron chi connectivity index (χ3n) is 5.98. The zero-order valence-electron chi connectivity index (χ0n) is 19.2. The molecule has 2 amide bonds. The maximum Gasteiger partial charge on any atom is 0.254 e. The number of carbonyl (C=O) groups is 2. The molecule has 1 saturated heterocycles. The minimum absolute atomic E-state index is 0.0248. The number of ether oxygens (including phenoxy) is 2. The van der Waals surface area contributed by atoms with Crippen LogP contribution in [0.4, 0.5) is 4.39 Å². The summed E-state index contributed by atoms with van der Waals surface area (Å²) >= 11 is 0. The summed E-state index contributed by atoms with van der Waals surface area (Å²) in [6, 6.07) is 20.3. The molecule has 6 nitrogen and oxygen atoms in total. The van der Waals surface area contributed by atoms with Crippen LogP contribution >= 0.6 is 0 Å². The Balaban J connectivity index is 1.56.